The van der Waals surface area contributed by atoms with Crippen LogP contribution in [0.25, 0.3) is 0 Å². The molecule has 0 radical (unpaired) electrons. The average molecular weight is 338 g/mol. The number of nitrogens with two attached hydrogens (primary N) is 1. The summed E-state index contributed by atoms with van der Waals surface area (Å²) in [5.74, 6) is 1.05. The summed E-state index contributed by atoms with van der Waals surface area (Å²) in [4.78, 5) is 12.6. The number of aryl methyl sites for hydroxylation is 1. The third-order valence-corrected chi connectivity index (χ3v) is 4.97. The largest absolute Gasteiger partial charge is 0.497 e. The SMILES string of the molecule is COc1cccc(C(C)CC(=O)NC2CCCc3cc(N)ccc32)c1. The van der Waals surface area contributed by atoms with Gasteiger partial charge in [-0.3, -0.25) is 4.79 Å². The molecule has 25 heavy (non-hydrogen) atoms. The number of fused-ring (bicyclic) bond motifs is 1. The van der Waals surface area contributed by atoms with Gasteiger partial charge in [0.15, 0.2) is 0 Å². The van der Waals surface area contributed by atoms with Crippen LogP contribution in [0.15, 0.2) is 42.5 Å². The number of nitrogens with one attached hydrogen (secondary N) is 1. The Morgan fingerprint density at radius 1 is 1.32 bits per heavy atom. The third kappa shape index (κ3) is 4.13. The van der Waals surface area contributed by atoms with Crippen LogP contribution in [-0.2, 0) is 11.2 Å². The highest BCUT2D eigenvalue weighted by atomic mass is 16.5. The van der Waals surface area contributed by atoms with Crippen molar-refractivity contribution in [2.45, 2.75) is 44.6 Å². The fraction of sp³-hybridized carbons (Fsp3) is 0.381. The quantitative estimate of drug-likeness (QED) is 0.811. The Kier molecular flexibility index (Phi) is 5.27. The number of hydrogen-bond acceptors (Lipinski definition) is 3. The van der Waals surface area contributed by atoms with Crippen molar-refractivity contribution in [2.24, 2.45) is 0 Å². The molecule has 3 N–H and O–H groups in total. The maximum absolute atomic E-state index is 12.6. The molecule has 0 spiro atoms. The molecule has 2 aromatic rings. The highest BCUT2D eigenvalue weighted by Gasteiger charge is 2.22. The zero-order valence-corrected chi connectivity index (χ0v) is 14.9. The Bertz CT molecular complexity index is 757. The summed E-state index contributed by atoms with van der Waals surface area (Å²) in [7, 11) is 1.66. The number of carbonyl (C=O) groups is 1. The second-order valence-electron chi connectivity index (χ2n) is 6.85. The molecule has 2 unspecified atom stereocenters. The number of hydrogen-bond donors (Lipinski definition) is 2. The number of anilines is 1. The van der Waals surface area contributed by atoms with E-state index in [1.807, 2.05) is 36.4 Å². The molecule has 4 nitrogen and oxygen atoms in total. The summed E-state index contributed by atoms with van der Waals surface area (Å²) in [6.45, 7) is 2.07. The van der Waals surface area contributed by atoms with Crippen LogP contribution in [0.4, 0.5) is 5.69 Å². The van der Waals surface area contributed by atoms with E-state index in [-0.39, 0.29) is 17.9 Å². The smallest absolute Gasteiger partial charge is 0.221 e. The minimum Gasteiger partial charge on any atom is -0.497 e. The molecular weight excluding hydrogens is 312 g/mol. The van der Waals surface area contributed by atoms with Gasteiger partial charge in [0.1, 0.15) is 5.75 Å². The lowest BCUT2D eigenvalue weighted by Crippen LogP contribution is -2.31. The molecule has 1 aliphatic rings. The minimum atomic E-state index is 0.0880. The molecule has 1 aliphatic carbocycles. The highest BCUT2D eigenvalue weighted by Crippen LogP contribution is 2.31. The summed E-state index contributed by atoms with van der Waals surface area (Å²) >= 11 is 0. The first-order chi connectivity index (χ1) is 12.1. The van der Waals surface area contributed by atoms with Crippen molar-refractivity contribution in [2.75, 3.05) is 12.8 Å². The molecule has 2 aromatic carbocycles. The normalized spacial score (nSPS) is 17.4. The summed E-state index contributed by atoms with van der Waals surface area (Å²) in [5.41, 5.74) is 10.3. The molecule has 4 heteroatoms. The van der Waals surface area contributed by atoms with Gasteiger partial charge >= 0.3 is 0 Å². The van der Waals surface area contributed by atoms with E-state index in [1.165, 1.54) is 11.1 Å². The van der Waals surface area contributed by atoms with Gasteiger partial charge in [0.25, 0.3) is 0 Å². The van der Waals surface area contributed by atoms with Crippen molar-refractivity contribution in [3.05, 3.63) is 59.2 Å². The van der Waals surface area contributed by atoms with Crippen LogP contribution in [0.2, 0.25) is 0 Å². The Morgan fingerprint density at radius 3 is 2.96 bits per heavy atom. The minimum absolute atomic E-state index is 0.0880. The van der Waals surface area contributed by atoms with Crippen molar-refractivity contribution in [1.29, 1.82) is 0 Å². The predicted octanol–water partition coefficient (Wildman–Crippen LogP) is 3.96. The zero-order valence-electron chi connectivity index (χ0n) is 14.9. The topological polar surface area (TPSA) is 64.3 Å². The molecule has 132 valence electrons. The Balaban J connectivity index is 1.65. The average Bonchev–Trinajstić information content (AvgIpc) is 2.61. The highest BCUT2D eigenvalue weighted by molar-refractivity contribution is 5.77. The summed E-state index contributed by atoms with van der Waals surface area (Å²) < 4.78 is 5.27. The van der Waals surface area contributed by atoms with Crippen molar-refractivity contribution in [1.82, 2.24) is 5.32 Å². The lowest BCUT2D eigenvalue weighted by atomic mass is 9.87. The van der Waals surface area contributed by atoms with Crippen molar-refractivity contribution < 1.29 is 9.53 Å². The lowest BCUT2D eigenvalue weighted by molar-refractivity contribution is -0.122. The summed E-state index contributed by atoms with van der Waals surface area (Å²) in [6.07, 6.45) is 3.56. The number of methoxy groups -OCH3 is 1. The summed E-state index contributed by atoms with van der Waals surface area (Å²) in [5, 5.41) is 3.21. The Hall–Kier alpha value is -2.49. The summed E-state index contributed by atoms with van der Waals surface area (Å²) in [6, 6.07) is 14.0. The van der Waals surface area contributed by atoms with Gasteiger partial charge in [-0.05, 0) is 66.1 Å². The van der Waals surface area contributed by atoms with E-state index in [0.29, 0.717) is 6.42 Å². The second-order valence-corrected chi connectivity index (χ2v) is 6.85. The van der Waals surface area contributed by atoms with Gasteiger partial charge < -0.3 is 15.8 Å². The standard InChI is InChI=1S/C21H26N2O2/c1-14(15-5-3-7-18(13-15)25-2)11-21(24)23-20-8-4-6-16-12-17(22)9-10-19(16)20/h3,5,7,9-10,12-14,20H,4,6,8,11,22H2,1-2H3,(H,23,24). The predicted molar refractivity (Wildman–Crippen MR) is 101 cm³/mol. The van der Waals surface area contributed by atoms with Gasteiger partial charge in [-0.15, -0.1) is 0 Å². The first kappa shape index (κ1) is 17.3. The van der Waals surface area contributed by atoms with Crippen LogP contribution in [0.1, 0.15) is 54.8 Å². The van der Waals surface area contributed by atoms with Gasteiger partial charge in [-0.1, -0.05) is 25.1 Å². The Labute approximate surface area is 149 Å². The van der Waals surface area contributed by atoms with E-state index in [9.17, 15) is 4.79 Å². The van der Waals surface area contributed by atoms with E-state index in [4.69, 9.17) is 10.5 Å². The molecule has 0 aliphatic heterocycles. The number of rotatable bonds is 5. The van der Waals surface area contributed by atoms with Crippen LogP contribution >= 0.6 is 0 Å². The molecule has 0 bridgehead atoms. The second kappa shape index (κ2) is 7.60. The fourth-order valence-corrected chi connectivity index (χ4v) is 3.58. The van der Waals surface area contributed by atoms with Gasteiger partial charge in [-0.25, -0.2) is 0 Å². The van der Waals surface area contributed by atoms with Crippen molar-refractivity contribution in [3.8, 4) is 5.75 Å². The molecule has 0 saturated heterocycles. The van der Waals surface area contributed by atoms with Crippen molar-refractivity contribution in [3.63, 3.8) is 0 Å². The molecule has 0 saturated carbocycles. The number of ether oxygens (including phenoxy) is 1. The number of nitrogen functional groups attached to an aromatic ring is 1. The van der Waals surface area contributed by atoms with Gasteiger partial charge in [-0.2, -0.15) is 0 Å². The van der Waals surface area contributed by atoms with Crippen LogP contribution in [0.3, 0.4) is 0 Å². The first-order valence-electron chi connectivity index (χ1n) is 8.88. The van der Waals surface area contributed by atoms with Gasteiger partial charge in [0, 0.05) is 12.1 Å². The van der Waals surface area contributed by atoms with Crippen molar-refractivity contribution >= 4 is 11.6 Å². The Morgan fingerprint density at radius 2 is 2.16 bits per heavy atom. The number of carbonyl (C=O) groups excluding carboxylic acids is 1. The molecule has 0 heterocycles. The van der Waals surface area contributed by atoms with E-state index >= 15 is 0 Å². The number of amides is 1. The van der Waals surface area contributed by atoms with E-state index in [0.717, 1.165) is 36.3 Å². The molecule has 0 aromatic heterocycles. The molecular formula is C21H26N2O2. The third-order valence-electron chi connectivity index (χ3n) is 4.97. The van der Waals surface area contributed by atoms with Crippen LogP contribution in [-0.4, -0.2) is 13.0 Å². The molecule has 2 atom stereocenters. The van der Waals surface area contributed by atoms with Crippen LogP contribution < -0.4 is 15.8 Å². The van der Waals surface area contributed by atoms with E-state index < -0.39 is 0 Å². The van der Waals surface area contributed by atoms with Crippen LogP contribution in [0, 0.1) is 0 Å². The maximum Gasteiger partial charge on any atom is 0.221 e. The molecule has 1 amide bonds. The van der Waals surface area contributed by atoms with Crippen LogP contribution in [0.5, 0.6) is 5.75 Å². The van der Waals surface area contributed by atoms with Gasteiger partial charge in [0.2, 0.25) is 5.91 Å². The first-order valence-corrected chi connectivity index (χ1v) is 8.88. The maximum atomic E-state index is 12.6. The zero-order chi connectivity index (χ0) is 17.8. The lowest BCUT2D eigenvalue weighted by Gasteiger charge is -2.27. The number of benzene rings is 2. The molecule has 3 rings (SSSR count). The van der Waals surface area contributed by atoms with E-state index in [1.54, 1.807) is 7.11 Å². The fourth-order valence-electron chi connectivity index (χ4n) is 3.58. The van der Waals surface area contributed by atoms with E-state index in [2.05, 4.69) is 18.3 Å². The molecule has 0 fully saturated rings. The van der Waals surface area contributed by atoms with Gasteiger partial charge in [0.05, 0.1) is 13.2 Å². The monoisotopic (exact) mass is 338 g/mol.